The molecule has 2 aromatic heterocycles. The average molecular weight is 701 g/mol. The van der Waals surface area contributed by atoms with Crippen molar-refractivity contribution in [1.82, 2.24) is 14.5 Å². The molecule has 0 saturated heterocycles. The Kier molecular flexibility index (Phi) is 7.83. The number of aromatic nitrogens is 3. The van der Waals surface area contributed by atoms with Crippen molar-refractivity contribution in [2.75, 3.05) is 0 Å². The van der Waals surface area contributed by atoms with E-state index in [0.717, 1.165) is 94.3 Å². The lowest BCUT2D eigenvalue weighted by Gasteiger charge is -2.14. The van der Waals surface area contributed by atoms with E-state index < -0.39 is 0 Å². The van der Waals surface area contributed by atoms with E-state index in [1.165, 1.54) is 0 Å². The minimum Gasteiger partial charge on any atom is -0.292 e. The summed E-state index contributed by atoms with van der Waals surface area (Å²) in [5, 5.41) is 13.5. The number of rotatable bonds is 6. The number of para-hydroxylation sites is 4. The zero-order chi connectivity index (χ0) is 36.7. The molecule has 0 radical (unpaired) electrons. The molecule has 0 N–H and O–H groups in total. The Morgan fingerprint density at radius 3 is 1.84 bits per heavy atom. The van der Waals surface area contributed by atoms with E-state index in [1.54, 1.807) is 0 Å². The zero-order valence-corrected chi connectivity index (χ0v) is 29.8. The van der Waals surface area contributed by atoms with Crippen LogP contribution in [0.4, 0.5) is 0 Å². The molecule has 55 heavy (non-hydrogen) atoms. The molecule has 4 heteroatoms. The van der Waals surface area contributed by atoms with Crippen LogP contribution in [-0.2, 0) is 0 Å². The molecule has 0 unspecified atom stereocenters. The normalized spacial score (nSPS) is 11.3. The number of hydrogen-bond donors (Lipinski definition) is 0. The van der Waals surface area contributed by atoms with Crippen LogP contribution in [0.3, 0.4) is 0 Å². The van der Waals surface area contributed by atoms with Gasteiger partial charge in [0.1, 0.15) is 5.82 Å². The van der Waals surface area contributed by atoms with Crippen LogP contribution in [0.5, 0.6) is 0 Å². The summed E-state index contributed by atoms with van der Waals surface area (Å²) in [6.07, 6.45) is 1.84. The van der Waals surface area contributed by atoms with E-state index in [1.807, 2.05) is 36.5 Å². The minimum absolute atomic E-state index is 0.625. The number of nitriles is 1. The Morgan fingerprint density at radius 2 is 1.07 bits per heavy atom. The Hall–Kier alpha value is -7.61. The summed E-state index contributed by atoms with van der Waals surface area (Å²) in [7, 11) is 0. The first-order valence-electron chi connectivity index (χ1n) is 18.4. The molecule has 256 valence electrons. The lowest BCUT2D eigenvalue weighted by atomic mass is 9.89. The summed E-state index contributed by atoms with van der Waals surface area (Å²) in [5.74, 6) is 0.910. The van der Waals surface area contributed by atoms with Crippen LogP contribution in [0.25, 0.3) is 94.3 Å². The molecule has 0 bridgehead atoms. The first-order valence-corrected chi connectivity index (χ1v) is 18.4. The number of hydrogen-bond acceptors (Lipinski definition) is 3. The Balaban J connectivity index is 1.02. The monoisotopic (exact) mass is 700 g/mol. The Morgan fingerprint density at radius 1 is 0.455 bits per heavy atom. The van der Waals surface area contributed by atoms with Crippen molar-refractivity contribution in [3.63, 3.8) is 0 Å². The van der Waals surface area contributed by atoms with Crippen molar-refractivity contribution in [2.24, 2.45) is 0 Å². The van der Waals surface area contributed by atoms with Gasteiger partial charge in [0.05, 0.1) is 28.2 Å². The maximum absolute atomic E-state index is 10.1. The molecule has 8 aromatic carbocycles. The van der Waals surface area contributed by atoms with Crippen molar-refractivity contribution in [3.05, 3.63) is 200 Å². The molecular weight excluding hydrogens is 669 g/mol. The molecule has 0 fully saturated rings. The number of benzene rings is 8. The maximum Gasteiger partial charge on any atom is 0.145 e. The molecule has 10 rings (SSSR count). The molecule has 0 saturated carbocycles. The van der Waals surface area contributed by atoms with Crippen LogP contribution < -0.4 is 0 Å². The second-order valence-electron chi connectivity index (χ2n) is 13.7. The highest BCUT2D eigenvalue weighted by Gasteiger charge is 2.16. The van der Waals surface area contributed by atoms with Crippen molar-refractivity contribution in [2.45, 2.75) is 0 Å². The molecule has 4 nitrogen and oxygen atoms in total. The molecule has 0 spiro atoms. The van der Waals surface area contributed by atoms with Gasteiger partial charge in [-0.05, 0) is 98.2 Å². The van der Waals surface area contributed by atoms with E-state index in [2.05, 4.69) is 173 Å². The lowest BCUT2D eigenvalue weighted by Crippen LogP contribution is -1.97. The highest BCUT2D eigenvalue weighted by Crippen LogP contribution is 2.39. The summed E-state index contributed by atoms with van der Waals surface area (Å²) in [6, 6.07) is 67.8. The van der Waals surface area contributed by atoms with Gasteiger partial charge in [-0.15, -0.1) is 0 Å². The number of fused-ring (bicyclic) bond motifs is 3. The molecule has 0 aliphatic heterocycles. The van der Waals surface area contributed by atoms with Crippen molar-refractivity contribution >= 4 is 32.7 Å². The second kappa shape index (κ2) is 13.4. The van der Waals surface area contributed by atoms with Gasteiger partial charge in [-0.1, -0.05) is 140 Å². The first-order chi connectivity index (χ1) is 27.2. The van der Waals surface area contributed by atoms with Gasteiger partial charge in [0.25, 0.3) is 0 Å². The number of imidazole rings is 1. The van der Waals surface area contributed by atoms with Gasteiger partial charge < -0.3 is 0 Å². The van der Waals surface area contributed by atoms with Crippen molar-refractivity contribution in [1.29, 1.82) is 5.26 Å². The number of nitrogens with zero attached hydrogens (tertiary/aromatic N) is 4. The topological polar surface area (TPSA) is 54.5 Å². The fraction of sp³-hybridized carbons (Fsp3) is 0. The number of pyridine rings is 1. The third-order valence-corrected chi connectivity index (χ3v) is 10.5. The van der Waals surface area contributed by atoms with E-state index in [-0.39, 0.29) is 0 Å². The molecule has 10 aromatic rings. The van der Waals surface area contributed by atoms with E-state index in [4.69, 9.17) is 4.98 Å². The molecule has 0 atom stereocenters. The largest absolute Gasteiger partial charge is 0.292 e. The second-order valence-corrected chi connectivity index (χ2v) is 13.7. The van der Waals surface area contributed by atoms with Crippen LogP contribution in [0, 0.1) is 11.3 Å². The van der Waals surface area contributed by atoms with Crippen LogP contribution >= 0.6 is 0 Å². The van der Waals surface area contributed by atoms with E-state index >= 15 is 0 Å². The summed E-state index contributed by atoms with van der Waals surface area (Å²) >= 11 is 0. The van der Waals surface area contributed by atoms with Crippen molar-refractivity contribution < 1.29 is 0 Å². The standard InChI is InChI=1S/C51H32N4/c52-33-34-30-40(35-19-21-37(22-20-35)45-16-8-10-38-11-9-29-53-50(38)45)32-41(31-34)44-28-27-43(46-14-4-5-15-47(44)46)36-23-25-39(26-24-36)51-54-48-17-6-7-18-49(48)55(51)42-12-2-1-3-13-42/h1-32H. The molecule has 0 amide bonds. The summed E-state index contributed by atoms with van der Waals surface area (Å²) < 4.78 is 2.23. The van der Waals surface area contributed by atoms with Crippen LogP contribution in [0.1, 0.15) is 5.56 Å². The van der Waals surface area contributed by atoms with Gasteiger partial charge >= 0.3 is 0 Å². The van der Waals surface area contributed by atoms with Gasteiger partial charge in [-0.25, -0.2) is 4.98 Å². The summed E-state index contributed by atoms with van der Waals surface area (Å²) in [5.41, 5.74) is 14.4. The lowest BCUT2D eigenvalue weighted by molar-refractivity contribution is 1.10. The third kappa shape index (κ3) is 5.72. The highest BCUT2D eigenvalue weighted by atomic mass is 15.1. The fourth-order valence-corrected chi connectivity index (χ4v) is 7.85. The Bertz CT molecular complexity index is 3070. The minimum atomic E-state index is 0.625. The van der Waals surface area contributed by atoms with Crippen LogP contribution in [0.15, 0.2) is 194 Å². The third-order valence-electron chi connectivity index (χ3n) is 10.5. The molecule has 0 aliphatic carbocycles. The van der Waals surface area contributed by atoms with Crippen LogP contribution in [0.2, 0.25) is 0 Å². The molecule has 2 heterocycles. The zero-order valence-electron chi connectivity index (χ0n) is 29.8. The first kappa shape index (κ1) is 32.1. The molecule has 0 aliphatic rings. The van der Waals surface area contributed by atoms with Gasteiger partial charge in [-0.3, -0.25) is 9.55 Å². The quantitative estimate of drug-likeness (QED) is 0.173. The van der Waals surface area contributed by atoms with Gasteiger partial charge in [0.15, 0.2) is 0 Å². The van der Waals surface area contributed by atoms with Gasteiger partial charge in [0.2, 0.25) is 0 Å². The van der Waals surface area contributed by atoms with Gasteiger partial charge in [-0.2, -0.15) is 5.26 Å². The summed E-state index contributed by atoms with van der Waals surface area (Å²) in [6.45, 7) is 0. The smallest absolute Gasteiger partial charge is 0.145 e. The highest BCUT2D eigenvalue weighted by molar-refractivity contribution is 6.05. The summed E-state index contributed by atoms with van der Waals surface area (Å²) in [4.78, 5) is 9.72. The SMILES string of the molecule is N#Cc1cc(-c2ccc(-c3cccc4cccnc34)cc2)cc(-c2ccc(-c3ccc(-c4nc5ccccc5n4-c4ccccc4)cc3)c3ccccc23)c1. The Labute approximate surface area is 318 Å². The van der Waals surface area contributed by atoms with Crippen molar-refractivity contribution in [3.8, 4) is 67.7 Å². The predicted molar refractivity (Wildman–Crippen MR) is 226 cm³/mol. The van der Waals surface area contributed by atoms with E-state index in [9.17, 15) is 5.26 Å². The maximum atomic E-state index is 10.1. The van der Waals surface area contributed by atoms with Crippen LogP contribution in [-0.4, -0.2) is 14.5 Å². The predicted octanol–water partition coefficient (Wildman–Crippen LogP) is 12.9. The average Bonchev–Trinajstić information content (AvgIpc) is 3.66. The van der Waals surface area contributed by atoms with E-state index in [0.29, 0.717) is 5.56 Å². The van der Waals surface area contributed by atoms with Gasteiger partial charge in [0, 0.05) is 28.4 Å². The fourth-order valence-electron chi connectivity index (χ4n) is 7.85. The molecular formula is C51H32N4.